The highest BCUT2D eigenvalue weighted by atomic mass is 16.2. The van der Waals surface area contributed by atoms with Gasteiger partial charge in [-0.05, 0) is 55.4 Å². The molecule has 1 aliphatic carbocycles. The van der Waals surface area contributed by atoms with Crippen molar-refractivity contribution in [1.82, 2.24) is 4.90 Å². The molecule has 4 rings (SSSR count). The Morgan fingerprint density at radius 3 is 2.60 bits per heavy atom. The van der Waals surface area contributed by atoms with Gasteiger partial charge in [0.15, 0.2) is 0 Å². The first-order chi connectivity index (χ1) is 12.1. The molecule has 1 atom stereocenters. The molecule has 2 nitrogen and oxygen atoms in total. The van der Waals surface area contributed by atoms with Crippen LogP contribution < -0.4 is 0 Å². The van der Waals surface area contributed by atoms with Crippen molar-refractivity contribution >= 4 is 17.2 Å². The van der Waals surface area contributed by atoms with E-state index in [1.807, 2.05) is 29.2 Å². The van der Waals surface area contributed by atoms with Crippen molar-refractivity contribution < 1.29 is 4.79 Å². The summed E-state index contributed by atoms with van der Waals surface area (Å²) < 4.78 is 0. The lowest BCUT2D eigenvalue weighted by atomic mass is 9.81. The van der Waals surface area contributed by atoms with Crippen LogP contribution >= 0.6 is 0 Å². The molecule has 0 N–H and O–H groups in total. The molecule has 2 aromatic carbocycles. The number of carbonyl (C=O) groups excluding carboxylic acids is 1. The fourth-order valence-corrected chi connectivity index (χ4v) is 4.06. The van der Waals surface area contributed by atoms with Crippen molar-refractivity contribution in [2.75, 3.05) is 6.54 Å². The summed E-state index contributed by atoms with van der Waals surface area (Å²) >= 11 is 0. The highest BCUT2D eigenvalue weighted by Gasteiger charge is 2.31. The maximum atomic E-state index is 12.7. The first-order valence-electron chi connectivity index (χ1n) is 8.94. The van der Waals surface area contributed by atoms with E-state index in [-0.39, 0.29) is 5.91 Å². The molecule has 0 aromatic heterocycles. The lowest BCUT2D eigenvalue weighted by Crippen LogP contribution is -2.25. The van der Waals surface area contributed by atoms with Crippen LogP contribution in [0.3, 0.4) is 0 Å². The molecular formula is C23H23NO. The highest BCUT2D eigenvalue weighted by Crippen LogP contribution is 2.38. The zero-order valence-corrected chi connectivity index (χ0v) is 14.9. The number of nitrogens with zero attached hydrogens (tertiary/aromatic N) is 1. The summed E-state index contributed by atoms with van der Waals surface area (Å²) in [5, 5.41) is 0. The van der Waals surface area contributed by atoms with Crippen molar-refractivity contribution in [3.63, 3.8) is 0 Å². The zero-order valence-electron chi connectivity index (χ0n) is 14.9. The van der Waals surface area contributed by atoms with E-state index in [1.54, 1.807) is 0 Å². The molecule has 1 aliphatic heterocycles. The molecule has 0 bridgehead atoms. The number of fused-ring (bicyclic) bond motifs is 2. The second kappa shape index (κ2) is 6.03. The molecule has 1 heterocycles. The molecule has 25 heavy (non-hydrogen) atoms. The molecule has 0 fully saturated rings. The number of hydrogen-bond acceptors (Lipinski definition) is 1. The molecule has 2 heteroatoms. The van der Waals surface area contributed by atoms with Crippen LogP contribution in [0.15, 0.2) is 55.1 Å². The molecule has 1 unspecified atom stereocenters. The zero-order chi connectivity index (χ0) is 17.6. The van der Waals surface area contributed by atoms with Gasteiger partial charge < -0.3 is 4.90 Å². The Balaban J connectivity index is 1.55. The van der Waals surface area contributed by atoms with Gasteiger partial charge in [-0.1, -0.05) is 54.6 Å². The maximum Gasteiger partial charge on any atom is 0.258 e. The van der Waals surface area contributed by atoms with Gasteiger partial charge in [-0.25, -0.2) is 0 Å². The molecule has 2 aromatic rings. The number of aryl methyl sites for hydroxylation is 1. The molecule has 126 valence electrons. The van der Waals surface area contributed by atoms with E-state index in [0.717, 1.165) is 36.2 Å². The fraction of sp³-hybridized carbons (Fsp3) is 0.261. The molecule has 2 aliphatic rings. The van der Waals surface area contributed by atoms with Crippen LogP contribution in [0.4, 0.5) is 0 Å². The molecule has 0 saturated heterocycles. The van der Waals surface area contributed by atoms with Crippen LogP contribution in [0.25, 0.3) is 11.3 Å². The smallest absolute Gasteiger partial charge is 0.258 e. The first-order valence-corrected chi connectivity index (χ1v) is 8.94. The van der Waals surface area contributed by atoms with Gasteiger partial charge in [0, 0.05) is 23.4 Å². The summed E-state index contributed by atoms with van der Waals surface area (Å²) in [4.78, 5) is 14.5. The van der Waals surface area contributed by atoms with Crippen molar-refractivity contribution in [1.29, 1.82) is 0 Å². The van der Waals surface area contributed by atoms with E-state index >= 15 is 0 Å². The number of allylic oxidation sites excluding steroid dienone is 2. The molecule has 0 radical (unpaired) electrons. The molecule has 1 amide bonds. The van der Waals surface area contributed by atoms with Crippen molar-refractivity contribution in [3.05, 3.63) is 82.9 Å². The first kappa shape index (κ1) is 15.9. The number of carbonyl (C=O) groups is 1. The number of rotatable bonds is 3. The predicted octanol–water partition coefficient (Wildman–Crippen LogP) is 5.40. The second-order valence-electron chi connectivity index (χ2n) is 7.15. The summed E-state index contributed by atoms with van der Waals surface area (Å²) in [6.07, 6.45) is 4.33. The number of amides is 1. The SMILES string of the molecule is C=C1c2ccccc2C(=O)N1CCC1CC=C(C)c2ccc(C)cc21. The van der Waals surface area contributed by atoms with Crippen LogP contribution in [0.2, 0.25) is 0 Å². The Morgan fingerprint density at radius 1 is 1.08 bits per heavy atom. The van der Waals surface area contributed by atoms with Gasteiger partial charge in [0.25, 0.3) is 5.91 Å². The van der Waals surface area contributed by atoms with Gasteiger partial charge in [-0.3, -0.25) is 4.79 Å². The van der Waals surface area contributed by atoms with E-state index in [9.17, 15) is 4.79 Å². The Labute approximate surface area is 149 Å². The standard InChI is InChI=1S/C23H23NO/c1-15-8-11-19-16(2)9-10-18(22(19)14-15)12-13-24-17(3)20-6-4-5-7-21(20)23(24)25/h4-9,11,14,18H,3,10,12-13H2,1-2H3. The number of hydrogen-bond donors (Lipinski definition) is 0. The Kier molecular flexibility index (Phi) is 3.84. The minimum atomic E-state index is 0.0904. The largest absolute Gasteiger partial charge is 0.308 e. The van der Waals surface area contributed by atoms with Crippen molar-refractivity contribution in [2.45, 2.75) is 32.6 Å². The quantitative estimate of drug-likeness (QED) is 0.738. The summed E-state index contributed by atoms with van der Waals surface area (Å²) in [5.41, 5.74) is 8.04. The minimum Gasteiger partial charge on any atom is -0.308 e. The van der Waals surface area contributed by atoms with Crippen LogP contribution in [0.1, 0.15) is 58.3 Å². The summed E-state index contributed by atoms with van der Waals surface area (Å²) in [6, 6.07) is 14.5. The van der Waals surface area contributed by atoms with Crippen molar-refractivity contribution in [3.8, 4) is 0 Å². The third-order valence-corrected chi connectivity index (χ3v) is 5.52. The Morgan fingerprint density at radius 2 is 1.84 bits per heavy atom. The van der Waals surface area contributed by atoms with Crippen LogP contribution in [0.5, 0.6) is 0 Å². The third-order valence-electron chi connectivity index (χ3n) is 5.52. The average molecular weight is 329 g/mol. The van der Waals surface area contributed by atoms with Gasteiger partial charge in [0.1, 0.15) is 0 Å². The van der Waals surface area contributed by atoms with Crippen molar-refractivity contribution in [2.24, 2.45) is 0 Å². The van der Waals surface area contributed by atoms with E-state index in [0.29, 0.717) is 5.92 Å². The van der Waals surface area contributed by atoms with Crippen LogP contribution in [-0.4, -0.2) is 17.4 Å². The summed E-state index contributed by atoms with van der Waals surface area (Å²) in [6.45, 7) is 9.21. The van der Waals surface area contributed by atoms with Gasteiger partial charge in [-0.15, -0.1) is 0 Å². The Hall–Kier alpha value is -2.61. The Bertz CT molecular complexity index is 871. The van der Waals surface area contributed by atoms with E-state index < -0.39 is 0 Å². The van der Waals surface area contributed by atoms with E-state index in [4.69, 9.17) is 0 Å². The monoisotopic (exact) mass is 329 g/mol. The van der Waals surface area contributed by atoms with Gasteiger partial charge in [-0.2, -0.15) is 0 Å². The second-order valence-corrected chi connectivity index (χ2v) is 7.15. The average Bonchev–Trinajstić information content (AvgIpc) is 2.86. The normalized spacial score (nSPS) is 18.9. The van der Waals surface area contributed by atoms with E-state index in [2.05, 4.69) is 44.7 Å². The van der Waals surface area contributed by atoms with Gasteiger partial charge in [0.05, 0.1) is 0 Å². The highest BCUT2D eigenvalue weighted by molar-refractivity contribution is 6.08. The van der Waals surface area contributed by atoms with E-state index in [1.165, 1.54) is 22.3 Å². The molecule has 0 saturated carbocycles. The van der Waals surface area contributed by atoms with Gasteiger partial charge >= 0.3 is 0 Å². The summed E-state index contributed by atoms with van der Waals surface area (Å²) in [5.74, 6) is 0.551. The lowest BCUT2D eigenvalue weighted by molar-refractivity contribution is 0.0847. The summed E-state index contributed by atoms with van der Waals surface area (Å²) in [7, 11) is 0. The van der Waals surface area contributed by atoms with Crippen LogP contribution in [-0.2, 0) is 0 Å². The lowest BCUT2D eigenvalue weighted by Gasteiger charge is -2.27. The third kappa shape index (κ3) is 2.62. The van der Waals surface area contributed by atoms with Crippen LogP contribution in [0, 0.1) is 6.92 Å². The minimum absolute atomic E-state index is 0.0904. The fourth-order valence-electron chi connectivity index (χ4n) is 4.06. The molecular weight excluding hydrogens is 306 g/mol. The van der Waals surface area contributed by atoms with Gasteiger partial charge in [0.2, 0.25) is 0 Å². The maximum absolute atomic E-state index is 12.7. The number of benzene rings is 2. The molecule has 0 spiro atoms. The topological polar surface area (TPSA) is 20.3 Å². The predicted molar refractivity (Wildman–Crippen MR) is 103 cm³/mol.